The summed E-state index contributed by atoms with van der Waals surface area (Å²) in [7, 11) is 0. The van der Waals surface area contributed by atoms with E-state index in [9.17, 15) is 17.6 Å². The molecule has 268 valence electrons. The van der Waals surface area contributed by atoms with E-state index in [1.807, 2.05) is 104 Å². The first-order chi connectivity index (χ1) is 24.1. The van der Waals surface area contributed by atoms with Gasteiger partial charge < -0.3 is 14.2 Å². The molecule has 0 bridgehead atoms. The Morgan fingerprint density at radius 3 is 1.20 bits per heavy atom. The second-order valence-corrected chi connectivity index (χ2v) is 15.4. The predicted octanol–water partition coefficient (Wildman–Crippen LogP) is 10.9. The Morgan fingerprint density at radius 1 is 0.529 bits per heavy atom. The van der Waals surface area contributed by atoms with Crippen molar-refractivity contribution in [3.8, 4) is 0 Å². The Bertz CT molecular complexity index is 1800. The minimum atomic E-state index is -0.739. The number of ether oxygens (including phenoxy) is 3. The molecule has 2 aliphatic heterocycles. The maximum atomic E-state index is 14.9. The van der Waals surface area contributed by atoms with Crippen LogP contribution in [-0.2, 0) is 14.2 Å². The van der Waals surface area contributed by atoms with Crippen LogP contribution in [0.3, 0.4) is 0 Å². The lowest BCUT2D eigenvalue weighted by Crippen LogP contribution is -2.33. The summed E-state index contributed by atoms with van der Waals surface area (Å²) < 4.78 is 78.7. The van der Waals surface area contributed by atoms with Gasteiger partial charge in [-0.15, -0.1) is 0 Å². The largest absolute Gasteiger partial charge is 0.471 e. The maximum Gasteiger partial charge on any atom is 0.223 e. The van der Waals surface area contributed by atoms with Crippen molar-refractivity contribution in [2.75, 3.05) is 0 Å². The molecule has 2 heterocycles. The highest BCUT2D eigenvalue weighted by molar-refractivity contribution is 5.96. The van der Waals surface area contributed by atoms with Crippen molar-refractivity contribution < 1.29 is 31.8 Å². The number of rotatable bonds is 8. The molecule has 0 N–H and O–H groups in total. The van der Waals surface area contributed by atoms with Crippen LogP contribution in [0, 0.1) is 34.1 Å². The van der Waals surface area contributed by atoms with Crippen LogP contribution in [0.4, 0.5) is 17.6 Å². The zero-order chi connectivity index (χ0) is 36.8. The minimum Gasteiger partial charge on any atom is -0.471 e. The summed E-state index contributed by atoms with van der Waals surface area (Å²) in [5, 5.41) is 0. The Balaban J connectivity index is 1.34. The van der Waals surface area contributed by atoms with Crippen molar-refractivity contribution in [2.45, 2.75) is 91.9 Å². The van der Waals surface area contributed by atoms with E-state index in [0.29, 0.717) is 0 Å². The highest BCUT2D eigenvalue weighted by atomic mass is 19.1. The SMILES string of the molecule is CC(OC(C)c1ccccc1C1N=C(c2c(F)cccc2F)OC1C(C)(C)C)c1ccccc1C1N=C(c2c(F)cccc2F)OC1C(C)(C)C. The molecule has 6 atom stereocenters. The monoisotopic (exact) mass is 700 g/mol. The second-order valence-electron chi connectivity index (χ2n) is 15.4. The normalized spacial score (nSPS) is 21.8. The highest BCUT2D eigenvalue weighted by Gasteiger charge is 2.45. The van der Waals surface area contributed by atoms with Crippen LogP contribution in [0.15, 0.2) is 94.9 Å². The van der Waals surface area contributed by atoms with Crippen LogP contribution in [0.5, 0.6) is 0 Å². The Hall–Kier alpha value is -4.50. The molecule has 4 aromatic rings. The summed E-state index contributed by atoms with van der Waals surface area (Å²) in [5.74, 6) is -3.09. The van der Waals surface area contributed by atoms with Gasteiger partial charge in [-0.05, 0) is 60.4 Å². The van der Waals surface area contributed by atoms with Crippen LogP contribution >= 0.6 is 0 Å². The topological polar surface area (TPSA) is 52.4 Å². The third-order valence-corrected chi connectivity index (χ3v) is 9.54. The summed E-state index contributed by atoms with van der Waals surface area (Å²) in [6.45, 7) is 16.0. The van der Waals surface area contributed by atoms with Crippen LogP contribution in [0.1, 0.15) is 113 Å². The minimum absolute atomic E-state index is 0.0661. The first kappa shape index (κ1) is 36.3. The molecule has 6 rings (SSSR count). The molecule has 9 heteroatoms. The van der Waals surface area contributed by atoms with Crippen molar-refractivity contribution >= 4 is 11.8 Å². The van der Waals surface area contributed by atoms with E-state index in [4.69, 9.17) is 24.2 Å². The molecule has 2 aliphatic rings. The van der Waals surface area contributed by atoms with Crippen LogP contribution in [0.2, 0.25) is 0 Å². The fraction of sp³-hybridized carbons (Fsp3) is 0.381. The third kappa shape index (κ3) is 7.18. The zero-order valence-electron chi connectivity index (χ0n) is 30.2. The van der Waals surface area contributed by atoms with E-state index in [1.165, 1.54) is 36.4 Å². The Kier molecular flexibility index (Phi) is 9.90. The van der Waals surface area contributed by atoms with Crippen molar-refractivity contribution in [2.24, 2.45) is 20.8 Å². The van der Waals surface area contributed by atoms with Gasteiger partial charge in [0.05, 0.1) is 12.2 Å². The van der Waals surface area contributed by atoms with Gasteiger partial charge in [-0.2, -0.15) is 0 Å². The van der Waals surface area contributed by atoms with Gasteiger partial charge >= 0.3 is 0 Å². The molecule has 4 aromatic carbocycles. The van der Waals surface area contributed by atoms with Crippen molar-refractivity contribution in [3.63, 3.8) is 0 Å². The van der Waals surface area contributed by atoms with Gasteiger partial charge in [0.2, 0.25) is 11.8 Å². The standard InChI is InChI=1S/C42H44F4N2O3/c1-23(25-15-9-11-17-27(25)35-37(41(3,4)5)50-39(47-35)33-29(43)19-13-20-30(33)44)49-24(2)26-16-10-12-18-28(26)36-38(42(6,7)8)51-40(48-36)34-31(45)21-14-22-32(34)46/h9-24,35-38H,1-8H3. The molecule has 0 fully saturated rings. The maximum absolute atomic E-state index is 14.9. The highest BCUT2D eigenvalue weighted by Crippen LogP contribution is 2.46. The number of nitrogens with zero attached hydrogens (tertiary/aromatic N) is 2. The summed E-state index contributed by atoms with van der Waals surface area (Å²) in [4.78, 5) is 9.59. The Morgan fingerprint density at radius 2 is 0.863 bits per heavy atom. The van der Waals surface area contributed by atoms with Gasteiger partial charge in [-0.1, -0.05) is 102 Å². The van der Waals surface area contributed by atoms with Gasteiger partial charge in [0.15, 0.2) is 0 Å². The summed E-state index contributed by atoms with van der Waals surface area (Å²) in [6, 6.07) is 21.8. The summed E-state index contributed by atoms with van der Waals surface area (Å²) in [5.41, 5.74) is 1.94. The van der Waals surface area contributed by atoms with Gasteiger partial charge in [0.25, 0.3) is 0 Å². The molecule has 0 aliphatic carbocycles. The smallest absolute Gasteiger partial charge is 0.223 e. The molecule has 0 aromatic heterocycles. The van der Waals surface area contributed by atoms with Gasteiger partial charge in [-0.25, -0.2) is 27.5 Å². The lowest BCUT2D eigenvalue weighted by atomic mass is 9.81. The van der Waals surface area contributed by atoms with Crippen molar-refractivity contribution in [1.29, 1.82) is 0 Å². The van der Waals surface area contributed by atoms with E-state index in [1.54, 1.807) is 0 Å². The Labute approximate surface area is 297 Å². The number of hydrogen-bond acceptors (Lipinski definition) is 5. The first-order valence-electron chi connectivity index (χ1n) is 17.3. The summed E-state index contributed by atoms with van der Waals surface area (Å²) in [6.07, 6.45) is -1.92. The fourth-order valence-corrected chi connectivity index (χ4v) is 6.99. The second kappa shape index (κ2) is 13.9. The van der Waals surface area contributed by atoms with Crippen LogP contribution in [-0.4, -0.2) is 24.0 Å². The van der Waals surface area contributed by atoms with Crippen molar-refractivity contribution in [1.82, 2.24) is 0 Å². The molecule has 0 saturated carbocycles. The number of benzene rings is 4. The molecule has 5 nitrogen and oxygen atoms in total. The lowest BCUT2D eigenvalue weighted by molar-refractivity contribution is 0.00310. The summed E-state index contributed by atoms with van der Waals surface area (Å²) >= 11 is 0. The predicted molar refractivity (Wildman–Crippen MR) is 191 cm³/mol. The number of aliphatic imine (C=N–C) groups is 2. The van der Waals surface area contributed by atoms with E-state index in [0.717, 1.165) is 22.3 Å². The fourth-order valence-electron chi connectivity index (χ4n) is 6.99. The molecule has 0 amide bonds. The molecule has 0 spiro atoms. The molecular formula is C42H44F4N2O3. The molecule has 0 saturated heterocycles. The molecule has 0 radical (unpaired) electrons. The third-order valence-electron chi connectivity index (χ3n) is 9.54. The lowest BCUT2D eigenvalue weighted by Gasteiger charge is -2.33. The average molecular weight is 701 g/mol. The van der Waals surface area contributed by atoms with Gasteiger partial charge in [0.1, 0.15) is 58.7 Å². The van der Waals surface area contributed by atoms with E-state index in [2.05, 4.69) is 0 Å². The van der Waals surface area contributed by atoms with Gasteiger partial charge in [-0.3, -0.25) is 0 Å². The number of hydrogen-bond donors (Lipinski definition) is 0. The van der Waals surface area contributed by atoms with Crippen molar-refractivity contribution in [3.05, 3.63) is 142 Å². The zero-order valence-corrected chi connectivity index (χ0v) is 30.2. The van der Waals surface area contributed by atoms with E-state index in [-0.39, 0.29) is 22.9 Å². The quantitative estimate of drug-likeness (QED) is 0.172. The van der Waals surface area contributed by atoms with Crippen LogP contribution < -0.4 is 0 Å². The molecular weight excluding hydrogens is 656 g/mol. The van der Waals surface area contributed by atoms with E-state index < -0.39 is 70.6 Å². The molecule has 51 heavy (non-hydrogen) atoms. The first-order valence-corrected chi connectivity index (χ1v) is 17.3. The van der Waals surface area contributed by atoms with E-state index >= 15 is 0 Å². The number of halogens is 4. The van der Waals surface area contributed by atoms with Gasteiger partial charge in [0, 0.05) is 10.8 Å². The van der Waals surface area contributed by atoms with Crippen LogP contribution in [0.25, 0.3) is 0 Å². The molecule has 6 unspecified atom stereocenters. The average Bonchev–Trinajstić information content (AvgIpc) is 3.71.